The summed E-state index contributed by atoms with van der Waals surface area (Å²) in [7, 11) is 0. The van der Waals surface area contributed by atoms with Gasteiger partial charge in [-0.25, -0.2) is 9.78 Å². The minimum Gasteiger partial charge on any atom is -0.480 e. The number of hydrogen-bond donors (Lipinski definition) is 2. The molecule has 0 spiro atoms. The molecule has 0 radical (unpaired) electrons. The molecule has 5 nitrogen and oxygen atoms in total. The van der Waals surface area contributed by atoms with Gasteiger partial charge in [-0.05, 0) is 18.1 Å². The van der Waals surface area contributed by atoms with Crippen molar-refractivity contribution in [1.82, 2.24) is 10.3 Å². The van der Waals surface area contributed by atoms with Crippen LogP contribution in [0.2, 0.25) is 5.15 Å². The van der Waals surface area contributed by atoms with E-state index in [1.807, 2.05) is 0 Å². The molecule has 1 aromatic rings. The second-order valence-corrected chi connectivity index (χ2v) is 4.23. The average Bonchev–Trinajstić information content (AvgIpc) is 2.25. The fourth-order valence-corrected chi connectivity index (χ4v) is 1.49. The zero-order valence-corrected chi connectivity index (χ0v) is 10.2. The Balaban J connectivity index is 2.85. The van der Waals surface area contributed by atoms with E-state index in [-0.39, 0.29) is 16.6 Å². The van der Waals surface area contributed by atoms with Crippen molar-refractivity contribution in [2.75, 3.05) is 0 Å². The third-order valence-corrected chi connectivity index (χ3v) is 2.52. The highest BCUT2D eigenvalue weighted by Crippen LogP contribution is 2.12. The molecule has 0 aliphatic rings. The SMILES string of the molecule is CC(C)[C@@H](NC(=O)c1cccnc1Cl)C(=O)O. The summed E-state index contributed by atoms with van der Waals surface area (Å²) < 4.78 is 0. The summed E-state index contributed by atoms with van der Waals surface area (Å²) in [6, 6.07) is 2.11. The van der Waals surface area contributed by atoms with Crippen LogP contribution in [-0.4, -0.2) is 28.0 Å². The Labute approximate surface area is 104 Å². The van der Waals surface area contributed by atoms with E-state index in [0.29, 0.717) is 0 Å². The van der Waals surface area contributed by atoms with E-state index in [0.717, 1.165) is 0 Å². The number of pyridine rings is 1. The molecule has 17 heavy (non-hydrogen) atoms. The number of aromatic nitrogens is 1. The Bertz CT molecular complexity index is 434. The molecule has 0 aliphatic carbocycles. The molecular weight excluding hydrogens is 244 g/mol. The van der Waals surface area contributed by atoms with Gasteiger partial charge in [0.15, 0.2) is 0 Å². The van der Waals surface area contributed by atoms with Gasteiger partial charge in [0.25, 0.3) is 5.91 Å². The standard InChI is InChI=1S/C11H13ClN2O3/c1-6(2)8(11(16)17)14-10(15)7-4-3-5-13-9(7)12/h3-6,8H,1-2H3,(H,14,15)(H,16,17)/t8-/m1/s1. The molecule has 1 aromatic heterocycles. The molecule has 0 bridgehead atoms. The molecule has 0 aromatic carbocycles. The Morgan fingerprint density at radius 3 is 2.59 bits per heavy atom. The predicted molar refractivity (Wildman–Crippen MR) is 63.0 cm³/mol. The van der Waals surface area contributed by atoms with E-state index in [9.17, 15) is 9.59 Å². The summed E-state index contributed by atoms with van der Waals surface area (Å²) in [6.07, 6.45) is 1.45. The summed E-state index contributed by atoms with van der Waals surface area (Å²) in [5.74, 6) is -1.83. The molecule has 1 atom stereocenters. The number of carbonyl (C=O) groups excluding carboxylic acids is 1. The maximum Gasteiger partial charge on any atom is 0.326 e. The van der Waals surface area contributed by atoms with E-state index in [2.05, 4.69) is 10.3 Å². The van der Waals surface area contributed by atoms with Crippen molar-refractivity contribution in [3.8, 4) is 0 Å². The quantitative estimate of drug-likeness (QED) is 0.802. The number of carbonyl (C=O) groups is 2. The van der Waals surface area contributed by atoms with E-state index >= 15 is 0 Å². The Hall–Kier alpha value is -1.62. The first-order valence-corrected chi connectivity index (χ1v) is 5.45. The fraction of sp³-hybridized carbons (Fsp3) is 0.364. The van der Waals surface area contributed by atoms with Gasteiger partial charge in [-0.1, -0.05) is 25.4 Å². The van der Waals surface area contributed by atoms with Crippen LogP contribution in [0.25, 0.3) is 0 Å². The third-order valence-electron chi connectivity index (χ3n) is 2.22. The molecule has 2 N–H and O–H groups in total. The summed E-state index contributed by atoms with van der Waals surface area (Å²) in [5, 5.41) is 11.4. The summed E-state index contributed by atoms with van der Waals surface area (Å²) in [6.45, 7) is 3.42. The average molecular weight is 257 g/mol. The Morgan fingerprint density at radius 1 is 1.47 bits per heavy atom. The smallest absolute Gasteiger partial charge is 0.326 e. The van der Waals surface area contributed by atoms with Crippen LogP contribution < -0.4 is 5.32 Å². The molecule has 0 saturated heterocycles. The van der Waals surface area contributed by atoms with Crippen molar-refractivity contribution in [3.05, 3.63) is 29.0 Å². The highest BCUT2D eigenvalue weighted by atomic mass is 35.5. The molecule has 0 saturated carbocycles. The number of carboxylic acids is 1. The summed E-state index contributed by atoms with van der Waals surface area (Å²) in [5.41, 5.74) is 0.168. The van der Waals surface area contributed by atoms with E-state index in [1.54, 1.807) is 19.9 Å². The zero-order chi connectivity index (χ0) is 13.0. The third kappa shape index (κ3) is 3.42. The van der Waals surface area contributed by atoms with Crippen LogP contribution in [0.1, 0.15) is 24.2 Å². The van der Waals surface area contributed by atoms with Crippen molar-refractivity contribution >= 4 is 23.5 Å². The number of carboxylic acid groups (broad SMARTS) is 1. The first-order valence-electron chi connectivity index (χ1n) is 5.07. The zero-order valence-electron chi connectivity index (χ0n) is 9.48. The molecule has 0 fully saturated rings. The van der Waals surface area contributed by atoms with Gasteiger partial charge in [0.05, 0.1) is 5.56 Å². The molecule has 1 amide bonds. The van der Waals surface area contributed by atoms with Crippen LogP contribution in [0.4, 0.5) is 0 Å². The lowest BCUT2D eigenvalue weighted by Gasteiger charge is -2.17. The monoisotopic (exact) mass is 256 g/mol. The minimum atomic E-state index is -1.08. The molecule has 1 rings (SSSR count). The van der Waals surface area contributed by atoms with Crippen molar-refractivity contribution in [2.45, 2.75) is 19.9 Å². The maximum absolute atomic E-state index is 11.8. The van der Waals surface area contributed by atoms with E-state index < -0.39 is 17.9 Å². The number of nitrogens with zero attached hydrogens (tertiary/aromatic N) is 1. The molecular formula is C11H13ClN2O3. The topological polar surface area (TPSA) is 79.3 Å². The summed E-state index contributed by atoms with van der Waals surface area (Å²) in [4.78, 5) is 26.5. The lowest BCUT2D eigenvalue weighted by molar-refractivity contribution is -0.140. The van der Waals surface area contributed by atoms with Crippen LogP contribution >= 0.6 is 11.6 Å². The van der Waals surface area contributed by atoms with E-state index in [1.165, 1.54) is 12.3 Å². The highest BCUT2D eigenvalue weighted by molar-refractivity contribution is 6.32. The van der Waals surface area contributed by atoms with Crippen LogP contribution in [0.3, 0.4) is 0 Å². The van der Waals surface area contributed by atoms with Crippen LogP contribution in [0, 0.1) is 5.92 Å². The van der Waals surface area contributed by atoms with Crippen molar-refractivity contribution < 1.29 is 14.7 Å². The first kappa shape index (κ1) is 13.4. The fourth-order valence-electron chi connectivity index (χ4n) is 1.29. The second kappa shape index (κ2) is 5.63. The van der Waals surface area contributed by atoms with Gasteiger partial charge in [0.2, 0.25) is 0 Å². The number of halogens is 1. The predicted octanol–water partition coefficient (Wildman–Crippen LogP) is 1.57. The lowest BCUT2D eigenvalue weighted by Crippen LogP contribution is -2.44. The van der Waals surface area contributed by atoms with Gasteiger partial charge in [-0.15, -0.1) is 0 Å². The maximum atomic E-state index is 11.8. The Kier molecular flexibility index (Phi) is 4.45. The second-order valence-electron chi connectivity index (χ2n) is 3.88. The normalized spacial score (nSPS) is 12.2. The van der Waals surface area contributed by atoms with Crippen LogP contribution in [0.5, 0.6) is 0 Å². The van der Waals surface area contributed by atoms with Crippen LogP contribution in [0.15, 0.2) is 18.3 Å². The van der Waals surface area contributed by atoms with E-state index in [4.69, 9.17) is 16.7 Å². The van der Waals surface area contributed by atoms with Gasteiger partial charge in [0, 0.05) is 6.20 Å². The number of rotatable bonds is 4. The number of nitrogens with one attached hydrogen (secondary N) is 1. The number of hydrogen-bond acceptors (Lipinski definition) is 3. The minimum absolute atomic E-state index is 0.0536. The van der Waals surface area contributed by atoms with Gasteiger partial charge in [0.1, 0.15) is 11.2 Å². The summed E-state index contributed by atoms with van der Waals surface area (Å²) >= 11 is 5.74. The van der Waals surface area contributed by atoms with Crippen molar-refractivity contribution in [2.24, 2.45) is 5.92 Å². The first-order chi connectivity index (χ1) is 7.93. The van der Waals surface area contributed by atoms with Crippen molar-refractivity contribution in [1.29, 1.82) is 0 Å². The molecule has 6 heteroatoms. The van der Waals surface area contributed by atoms with Gasteiger partial charge < -0.3 is 10.4 Å². The van der Waals surface area contributed by atoms with Crippen LogP contribution in [-0.2, 0) is 4.79 Å². The number of amides is 1. The molecule has 0 aliphatic heterocycles. The van der Waals surface area contributed by atoms with Gasteiger partial charge >= 0.3 is 5.97 Å². The molecule has 0 unspecified atom stereocenters. The van der Waals surface area contributed by atoms with Gasteiger partial charge in [-0.2, -0.15) is 0 Å². The van der Waals surface area contributed by atoms with Gasteiger partial charge in [-0.3, -0.25) is 4.79 Å². The highest BCUT2D eigenvalue weighted by Gasteiger charge is 2.24. The Morgan fingerprint density at radius 2 is 2.12 bits per heavy atom. The number of aliphatic carboxylic acids is 1. The lowest BCUT2D eigenvalue weighted by atomic mass is 10.0. The van der Waals surface area contributed by atoms with Crippen molar-refractivity contribution in [3.63, 3.8) is 0 Å². The molecule has 1 heterocycles. The molecule has 92 valence electrons. The largest absolute Gasteiger partial charge is 0.480 e.